The van der Waals surface area contributed by atoms with Crippen LogP contribution in [0, 0.1) is 5.92 Å². The highest BCUT2D eigenvalue weighted by molar-refractivity contribution is 8.00. The largest absolute Gasteiger partial charge is 0.313 e. The van der Waals surface area contributed by atoms with E-state index in [1.54, 1.807) is 0 Å². The lowest BCUT2D eigenvalue weighted by molar-refractivity contribution is 0.394. The van der Waals surface area contributed by atoms with Crippen LogP contribution in [0.2, 0.25) is 5.02 Å². The van der Waals surface area contributed by atoms with Crippen LogP contribution < -0.4 is 5.32 Å². The Labute approximate surface area is 126 Å². The average Bonchev–Trinajstić information content (AvgIpc) is 2.39. The SMILES string of the molecule is CCNCc1cc(Cl)ccc1SC1CCCC(C)C1. The summed E-state index contributed by atoms with van der Waals surface area (Å²) in [5, 5.41) is 5.03. The third-order valence-electron chi connectivity index (χ3n) is 3.77. The summed E-state index contributed by atoms with van der Waals surface area (Å²) in [4.78, 5) is 1.41. The van der Waals surface area contributed by atoms with E-state index >= 15 is 0 Å². The number of nitrogens with one attached hydrogen (secondary N) is 1. The minimum Gasteiger partial charge on any atom is -0.313 e. The van der Waals surface area contributed by atoms with Crippen LogP contribution in [0.3, 0.4) is 0 Å². The van der Waals surface area contributed by atoms with Gasteiger partial charge in [-0.05, 0) is 49.1 Å². The van der Waals surface area contributed by atoms with Gasteiger partial charge in [-0.2, -0.15) is 0 Å². The van der Waals surface area contributed by atoms with Gasteiger partial charge in [0.05, 0.1) is 0 Å². The van der Waals surface area contributed by atoms with Crippen LogP contribution in [-0.4, -0.2) is 11.8 Å². The van der Waals surface area contributed by atoms with Gasteiger partial charge in [-0.3, -0.25) is 0 Å². The summed E-state index contributed by atoms with van der Waals surface area (Å²) in [6.45, 7) is 6.44. The molecule has 1 nitrogen and oxygen atoms in total. The van der Waals surface area contributed by atoms with Gasteiger partial charge < -0.3 is 5.32 Å². The topological polar surface area (TPSA) is 12.0 Å². The van der Waals surface area contributed by atoms with Crippen molar-refractivity contribution < 1.29 is 0 Å². The van der Waals surface area contributed by atoms with Crippen molar-refractivity contribution in [3.63, 3.8) is 0 Å². The van der Waals surface area contributed by atoms with E-state index < -0.39 is 0 Å². The molecule has 2 unspecified atom stereocenters. The van der Waals surface area contributed by atoms with Gasteiger partial charge in [0.15, 0.2) is 0 Å². The van der Waals surface area contributed by atoms with Crippen LogP contribution in [0.4, 0.5) is 0 Å². The van der Waals surface area contributed by atoms with Crippen molar-refractivity contribution in [1.82, 2.24) is 5.32 Å². The molecule has 2 rings (SSSR count). The normalized spacial score (nSPS) is 23.5. The molecular formula is C16H24ClNS. The molecule has 0 radical (unpaired) electrons. The number of benzene rings is 1. The second-order valence-corrected chi connectivity index (χ2v) is 7.32. The van der Waals surface area contributed by atoms with E-state index in [0.717, 1.165) is 29.3 Å². The summed E-state index contributed by atoms with van der Waals surface area (Å²) < 4.78 is 0. The zero-order valence-electron chi connectivity index (χ0n) is 11.9. The van der Waals surface area contributed by atoms with Crippen LogP contribution in [0.15, 0.2) is 23.1 Å². The van der Waals surface area contributed by atoms with E-state index in [-0.39, 0.29) is 0 Å². The first-order valence-electron chi connectivity index (χ1n) is 7.34. The van der Waals surface area contributed by atoms with Gasteiger partial charge in [0, 0.05) is 21.7 Å². The van der Waals surface area contributed by atoms with E-state index in [1.807, 2.05) is 6.07 Å². The fourth-order valence-corrected chi connectivity index (χ4v) is 4.42. The fraction of sp³-hybridized carbons (Fsp3) is 0.625. The predicted molar refractivity (Wildman–Crippen MR) is 86.1 cm³/mol. The maximum Gasteiger partial charge on any atom is 0.0410 e. The molecular weight excluding hydrogens is 274 g/mol. The molecule has 2 atom stereocenters. The summed E-state index contributed by atoms with van der Waals surface area (Å²) in [5.74, 6) is 0.885. The summed E-state index contributed by atoms with van der Waals surface area (Å²) >= 11 is 8.18. The van der Waals surface area contributed by atoms with Crippen LogP contribution in [0.5, 0.6) is 0 Å². The molecule has 0 aromatic heterocycles. The predicted octanol–water partition coefficient (Wildman–Crippen LogP) is 5.12. The molecule has 1 saturated carbocycles. The molecule has 0 bridgehead atoms. The van der Waals surface area contributed by atoms with Gasteiger partial charge in [0.25, 0.3) is 0 Å². The molecule has 106 valence electrons. The van der Waals surface area contributed by atoms with Crippen LogP contribution in [0.25, 0.3) is 0 Å². The van der Waals surface area contributed by atoms with E-state index in [0.29, 0.717) is 0 Å². The molecule has 0 amide bonds. The second kappa shape index (κ2) is 7.56. The highest BCUT2D eigenvalue weighted by Crippen LogP contribution is 2.38. The molecule has 1 fully saturated rings. The molecule has 0 spiro atoms. The molecule has 0 aliphatic heterocycles. The van der Waals surface area contributed by atoms with Crippen molar-refractivity contribution in [2.75, 3.05) is 6.54 Å². The molecule has 3 heteroatoms. The number of thioether (sulfide) groups is 1. The molecule has 1 N–H and O–H groups in total. The van der Waals surface area contributed by atoms with Crippen molar-refractivity contribution >= 4 is 23.4 Å². The Morgan fingerprint density at radius 1 is 1.37 bits per heavy atom. The average molecular weight is 298 g/mol. The van der Waals surface area contributed by atoms with Crippen molar-refractivity contribution in [3.05, 3.63) is 28.8 Å². The van der Waals surface area contributed by atoms with Crippen molar-refractivity contribution in [2.24, 2.45) is 5.92 Å². The quantitative estimate of drug-likeness (QED) is 0.809. The Balaban J connectivity index is 2.05. The molecule has 1 aromatic carbocycles. The van der Waals surface area contributed by atoms with Crippen molar-refractivity contribution in [1.29, 1.82) is 0 Å². The van der Waals surface area contributed by atoms with Crippen LogP contribution in [0.1, 0.15) is 45.1 Å². The molecule has 1 aliphatic rings. The maximum absolute atomic E-state index is 6.12. The van der Waals surface area contributed by atoms with Gasteiger partial charge in [-0.15, -0.1) is 11.8 Å². The molecule has 0 saturated heterocycles. The molecule has 1 aromatic rings. The monoisotopic (exact) mass is 297 g/mol. The Bertz CT molecular complexity index is 408. The second-order valence-electron chi connectivity index (χ2n) is 5.54. The van der Waals surface area contributed by atoms with Crippen LogP contribution >= 0.6 is 23.4 Å². The van der Waals surface area contributed by atoms with E-state index in [4.69, 9.17) is 11.6 Å². The lowest BCUT2D eigenvalue weighted by Gasteiger charge is -2.27. The van der Waals surface area contributed by atoms with E-state index in [2.05, 4.69) is 43.1 Å². The van der Waals surface area contributed by atoms with E-state index in [1.165, 1.54) is 36.1 Å². The van der Waals surface area contributed by atoms with Crippen LogP contribution in [-0.2, 0) is 6.54 Å². The van der Waals surface area contributed by atoms with Gasteiger partial charge >= 0.3 is 0 Å². The number of rotatable bonds is 5. The van der Waals surface area contributed by atoms with Crippen molar-refractivity contribution in [2.45, 2.75) is 56.2 Å². The fourth-order valence-electron chi connectivity index (χ4n) is 2.73. The lowest BCUT2D eigenvalue weighted by Crippen LogP contribution is -2.16. The Hall–Kier alpha value is -0.180. The van der Waals surface area contributed by atoms with Gasteiger partial charge in [0.2, 0.25) is 0 Å². The zero-order chi connectivity index (χ0) is 13.7. The minimum absolute atomic E-state index is 0.783. The first-order chi connectivity index (χ1) is 9.19. The Morgan fingerprint density at radius 3 is 2.95 bits per heavy atom. The molecule has 0 heterocycles. The third-order valence-corrected chi connectivity index (χ3v) is 5.42. The maximum atomic E-state index is 6.12. The standard InChI is InChI=1S/C16H24ClNS/c1-3-18-11-13-10-14(17)7-8-16(13)19-15-6-4-5-12(2)9-15/h7-8,10,12,15,18H,3-6,9,11H2,1-2H3. The smallest absolute Gasteiger partial charge is 0.0410 e. The number of hydrogen-bond acceptors (Lipinski definition) is 2. The Kier molecular flexibility index (Phi) is 6.06. The number of halogens is 1. The lowest BCUT2D eigenvalue weighted by atomic mass is 9.91. The summed E-state index contributed by atoms with van der Waals surface area (Å²) in [7, 11) is 0. The molecule has 1 aliphatic carbocycles. The highest BCUT2D eigenvalue weighted by atomic mass is 35.5. The summed E-state index contributed by atoms with van der Waals surface area (Å²) in [6.07, 6.45) is 5.50. The number of hydrogen-bond donors (Lipinski definition) is 1. The summed E-state index contributed by atoms with van der Waals surface area (Å²) in [5.41, 5.74) is 1.34. The highest BCUT2D eigenvalue weighted by Gasteiger charge is 2.20. The van der Waals surface area contributed by atoms with Gasteiger partial charge in [-0.1, -0.05) is 38.3 Å². The van der Waals surface area contributed by atoms with E-state index in [9.17, 15) is 0 Å². The Morgan fingerprint density at radius 2 is 2.21 bits per heavy atom. The van der Waals surface area contributed by atoms with Crippen molar-refractivity contribution in [3.8, 4) is 0 Å². The summed E-state index contributed by atoms with van der Waals surface area (Å²) in [6, 6.07) is 6.32. The zero-order valence-corrected chi connectivity index (χ0v) is 13.5. The van der Waals surface area contributed by atoms with Gasteiger partial charge in [0.1, 0.15) is 0 Å². The third kappa shape index (κ3) is 4.70. The minimum atomic E-state index is 0.783. The molecule has 19 heavy (non-hydrogen) atoms. The van der Waals surface area contributed by atoms with Gasteiger partial charge in [-0.25, -0.2) is 0 Å². The first-order valence-corrected chi connectivity index (χ1v) is 8.60. The first kappa shape index (κ1) is 15.2.